The lowest BCUT2D eigenvalue weighted by atomic mass is 10.2. The number of amides is 1. The van der Waals surface area contributed by atoms with Crippen LogP contribution >= 0.6 is 0 Å². The van der Waals surface area contributed by atoms with Crippen LogP contribution in [0, 0.1) is 11.6 Å². The zero-order valence-electron chi connectivity index (χ0n) is 11.3. The summed E-state index contributed by atoms with van der Waals surface area (Å²) >= 11 is 0. The second-order valence-corrected chi connectivity index (χ2v) is 6.33. The van der Waals surface area contributed by atoms with Gasteiger partial charge in [-0.05, 0) is 36.4 Å². The Balaban J connectivity index is 2.27. The molecule has 0 bridgehead atoms. The average molecular weight is 347 g/mol. The number of hydrogen-bond donors (Lipinski definition) is 1. The molecule has 4 nitrogen and oxygen atoms in total. The maximum absolute atomic E-state index is 13.1. The van der Waals surface area contributed by atoms with E-state index in [0.717, 1.165) is 30.3 Å². The number of sulfone groups is 1. The number of rotatable bonds is 4. The first kappa shape index (κ1) is 16.9. The van der Waals surface area contributed by atoms with Crippen molar-refractivity contribution in [2.45, 2.75) is 10.7 Å². The molecule has 0 aliphatic rings. The molecule has 9 heteroatoms. The minimum Gasteiger partial charge on any atom is -0.322 e. The second-order valence-electron chi connectivity index (χ2n) is 4.42. The minimum atomic E-state index is -4.81. The third kappa shape index (κ3) is 3.67. The molecule has 0 saturated heterocycles. The van der Waals surface area contributed by atoms with Gasteiger partial charge in [-0.1, -0.05) is 6.07 Å². The number of benzene rings is 2. The summed E-state index contributed by atoms with van der Waals surface area (Å²) < 4.78 is 73.6. The summed E-state index contributed by atoms with van der Waals surface area (Å²) in [5.74, 6) is -6.81. The fourth-order valence-corrected chi connectivity index (χ4v) is 2.46. The van der Waals surface area contributed by atoms with E-state index in [0.29, 0.717) is 6.07 Å². The van der Waals surface area contributed by atoms with Gasteiger partial charge in [-0.2, -0.15) is 8.78 Å². The van der Waals surface area contributed by atoms with E-state index in [-0.39, 0.29) is 11.3 Å². The highest BCUT2D eigenvalue weighted by Gasteiger charge is 2.26. The summed E-state index contributed by atoms with van der Waals surface area (Å²) in [7, 11) is -4.81. The number of carbonyl (C=O) groups excluding carboxylic acids is 1. The predicted octanol–water partition coefficient (Wildman–Crippen LogP) is 3.21. The number of carbonyl (C=O) groups is 1. The second kappa shape index (κ2) is 6.37. The van der Waals surface area contributed by atoms with E-state index in [9.17, 15) is 30.8 Å². The Labute approximate surface area is 128 Å². The number of hydrogen-bond acceptors (Lipinski definition) is 3. The van der Waals surface area contributed by atoms with Crippen molar-refractivity contribution < 1.29 is 30.8 Å². The van der Waals surface area contributed by atoms with E-state index in [1.54, 1.807) is 0 Å². The number of anilines is 1. The van der Waals surface area contributed by atoms with Gasteiger partial charge in [0, 0.05) is 11.3 Å². The maximum atomic E-state index is 13.1. The van der Waals surface area contributed by atoms with E-state index >= 15 is 0 Å². The van der Waals surface area contributed by atoms with Gasteiger partial charge in [-0.3, -0.25) is 4.79 Å². The van der Waals surface area contributed by atoms with Gasteiger partial charge in [0.2, 0.25) is 9.84 Å². The number of halogens is 4. The zero-order chi connectivity index (χ0) is 17.2. The van der Waals surface area contributed by atoms with Crippen LogP contribution in [0.5, 0.6) is 0 Å². The van der Waals surface area contributed by atoms with Crippen LogP contribution in [0.1, 0.15) is 10.4 Å². The van der Waals surface area contributed by atoms with Gasteiger partial charge in [0.1, 0.15) is 0 Å². The summed E-state index contributed by atoms with van der Waals surface area (Å²) in [4.78, 5) is 11.2. The molecule has 1 amide bonds. The van der Waals surface area contributed by atoms with Crippen molar-refractivity contribution in [3.63, 3.8) is 0 Å². The van der Waals surface area contributed by atoms with E-state index in [1.165, 1.54) is 6.07 Å². The summed E-state index contributed by atoms with van der Waals surface area (Å²) in [5, 5.41) is 2.22. The van der Waals surface area contributed by atoms with Crippen molar-refractivity contribution in [3.8, 4) is 0 Å². The molecule has 23 heavy (non-hydrogen) atoms. The van der Waals surface area contributed by atoms with Gasteiger partial charge in [0.05, 0.1) is 4.90 Å². The topological polar surface area (TPSA) is 63.2 Å². The van der Waals surface area contributed by atoms with E-state index < -0.39 is 38.0 Å². The van der Waals surface area contributed by atoms with Crippen LogP contribution in [-0.4, -0.2) is 20.1 Å². The molecule has 2 aromatic rings. The smallest absolute Gasteiger partial charge is 0.322 e. The molecule has 122 valence electrons. The van der Waals surface area contributed by atoms with E-state index in [4.69, 9.17) is 0 Å². The number of alkyl halides is 2. The Bertz CT molecular complexity index is 853. The molecule has 2 rings (SSSR count). The molecule has 0 spiro atoms. The van der Waals surface area contributed by atoms with Gasteiger partial charge in [-0.15, -0.1) is 0 Å². The summed E-state index contributed by atoms with van der Waals surface area (Å²) in [5.41, 5.74) is -0.299. The molecule has 0 fully saturated rings. The van der Waals surface area contributed by atoms with E-state index in [1.807, 2.05) is 0 Å². The monoisotopic (exact) mass is 347 g/mol. The van der Waals surface area contributed by atoms with Crippen LogP contribution in [0.3, 0.4) is 0 Å². The van der Waals surface area contributed by atoms with Crippen LogP contribution in [0.4, 0.5) is 23.2 Å². The summed E-state index contributed by atoms with van der Waals surface area (Å²) in [6.45, 7) is 0. The van der Waals surface area contributed by atoms with Crippen molar-refractivity contribution in [1.29, 1.82) is 0 Å². The van der Waals surface area contributed by atoms with Crippen LogP contribution < -0.4 is 5.32 Å². The quantitative estimate of drug-likeness (QED) is 0.864. The summed E-state index contributed by atoms with van der Waals surface area (Å²) in [6, 6.07) is 6.66. The fraction of sp³-hybridized carbons (Fsp3) is 0.0714. The molecule has 2 aromatic carbocycles. The Morgan fingerprint density at radius 3 is 2.30 bits per heavy atom. The number of nitrogens with one attached hydrogen (secondary N) is 1. The molecule has 1 N–H and O–H groups in total. The molecule has 0 unspecified atom stereocenters. The molecule has 0 heterocycles. The lowest BCUT2D eigenvalue weighted by molar-refractivity contribution is 0.102. The average Bonchev–Trinajstić information content (AvgIpc) is 2.50. The Hall–Kier alpha value is -2.42. The highest BCUT2D eigenvalue weighted by atomic mass is 32.2. The molecular weight excluding hydrogens is 338 g/mol. The van der Waals surface area contributed by atoms with Crippen LogP contribution in [0.25, 0.3) is 0 Å². The first-order chi connectivity index (χ1) is 10.7. The largest absolute Gasteiger partial charge is 0.341 e. The zero-order valence-corrected chi connectivity index (χ0v) is 12.1. The third-order valence-electron chi connectivity index (χ3n) is 2.84. The van der Waals surface area contributed by atoms with Crippen molar-refractivity contribution >= 4 is 21.4 Å². The van der Waals surface area contributed by atoms with Crippen LogP contribution in [-0.2, 0) is 9.84 Å². The van der Waals surface area contributed by atoms with Crippen molar-refractivity contribution in [1.82, 2.24) is 0 Å². The van der Waals surface area contributed by atoms with Crippen molar-refractivity contribution in [2.24, 2.45) is 0 Å². The predicted molar refractivity (Wildman–Crippen MR) is 73.9 cm³/mol. The van der Waals surface area contributed by atoms with Crippen molar-refractivity contribution in [3.05, 3.63) is 59.7 Å². The standard InChI is InChI=1S/C14H9F4NO3S/c15-11-5-4-8(6-12(11)16)13(20)19-9-2-1-3-10(7-9)23(21,22)14(17)18/h1-7,14H,(H,19,20). The molecule has 0 aliphatic heterocycles. The minimum absolute atomic E-state index is 0.0820. The molecule has 0 aromatic heterocycles. The third-order valence-corrected chi connectivity index (χ3v) is 4.22. The molecule has 0 aliphatic carbocycles. The SMILES string of the molecule is O=C(Nc1cccc(S(=O)(=O)C(F)F)c1)c1ccc(F)c(F)c1. The highest BCUT2D eigenvalue weighted by Crippen LogP contribution is 2.22. The summed E-state index contributed by atoms with van der Waals surface area (Å²) in [6.07, 6.45) is 0. The van der Waals surface area contributed by atoms with Gasteiger partial charge in [0.15, 0.2) is 11.6 Å². The van der Waals surface area contributed by atoms with Gasteiger partial charge < -0.3 is 5.32 Å². The Kier molecular flexibility index (Phi) is 4.69. The maximum Gasteiger partial charge on any atom is 0.341 e. The molecule has 0 saturated carbocycles. The lowest BCUT2D eigenvalue weighted by Gasteiger charge is -2.08. The highest BCUT2D eigenvalue weighted by molar-refractivity contribution is 7.91. The first-order valence-corrected chi connectivity index (χ1v) is 7.65. The van der Waals surface area contributed by atoms with Gasteiger partial charge in [0.25, 0.3) is 5.91 Å². The lowest BCUT2D eigenvalue weighted by Crippen LogP contribution is -2.14. The van der Waals surface area contributed by atoms with Gasteiger partial charge >= 0.3 is 5.76 Å². The fourth-order valence-electron chi connectivity index (χ4n) is 1.69. The van der Waals surface area contributed by atoms with E-state index in [2.05, 4.69) is 5.32 Å². The Morgan fingerprint density at radius 1 is 1.00 bits per heavy atom. The molecular formula is C14H9F4NO3S. The Morgan fingerprint density at radius 2 is 1.70 bits per heavy atom. The van der Waals surface area contributed by atoms with Gasteiger partial charge in [-0.25, -0.2) is 17.2 Å². The van der Waals surface area contributed by atoms with Crippen LogP contribution in [0.15, 0.2) is 47.4 Å². The molecule has 0 radical (unpaired) electrons. The normalized spacial score (nSPS) is 11.5. The van der Waals surface area contributed by atoms with Crippen molar-refractivity contribution in [2.75, 3.05) is 5.32 Å². The first-order valence-electron chi connectivity index (χ1n) is 6.10. The molecule has 0 atom stereocenters. The van der Waals surface area contributed by atoms with Crippen LogP contribution in [0.2, 0.25) is 0 Å².